The summed E-state index contributed by atoms with van der Waals surface area (Å²) < 4.78 is 40.8. The van der Waals surface area contributed by atoms with Crippen LogP contribution in [0.5, 0.6) is 0 Å². The van der Waals surface area contributed by atoms with Crippen molar-refractivity contribution in [1.82, 2.24) is 19.9 Å². The maximum absolute atomic E-state index is 13.0. The number of carbonyl (C=O) groups excluding carboxylic acids is 1. The summed E-state index contributed by atoms with van der Waals surface area (Å²) in [5.41, 5.74) is 0.395. The number of hydrogen-bond donors (Lipinski definition) is 1. The van der Waals surface area contributed by atoms with Crippen LogP contribution in [0, 0.1) is 0 Å². The standard InChI is InChI=1S/C17H20F3N5O/c1-21-15(26)13-7-6-11(24(13)2)12-5-3-4-10-25(12)16-22-9-8-14(23-16)17(18,19)20/h6-9,12H,3-5,10H2,1-2H3,(H,21,26)/t12-/m1/s1. The molecule has 6 nitrogen and oxygen atoms in total. The molecule has 0 saturated carbocycles. The Morgan fingerprint density at radius 3 is 2.73 bits per heavy atom. The smallest absolute Gasteiger partial charge is 0.354 e. The first kappa shape index (κ1) is 18.2. The molecule has 1 N–H and O–H groups in total. The molecule has 1 aliphatic rings. The summed E-state index contributed by atoms with van der Waals surface area (Å²) in [6, 6.07) is 4.24. The first-order valence-electron chi connectivity index (χ1n) is 8.37. The lowest BCUT2D eigenvalue weighted by Gasteiger charge is -2.36. The summed E-state index contributed by atoms with van der Waals surface area (Å²) in [6.07, 6.45) is -0.827. The number of halogens is 3. The molecule has 0 unspecified atom stereocenters. The molecule has 0 bridgehead atoms. The van der Waals surface area contributed by atoms with Crippen molar-refractivity contribution in [1.29, 1.82) is 0 Å². The number of hydrogen-bond acceptors (Lipinski definition) is 4. The second kappa shape index (κ2) is 6.97. The van der Waals surface area contributed by atoms with Crippen LogP contribution < -0.4 is 10.2 Å². The molecule has 2 aromatic rings. The van der Waals surface area contributed by atoms with Crippen molar-refractivity contribution in [2.75, 3.05) is 18.5 Å². The summed E-state index contributed by atoms with van der Waals surface area (Å²) in [5.74, 6) is -0.149. The zero-order valence-electron chi connectivity index (χ0n) is 14.5. The van der Waals surface area contributed by atoms with E-state index < -0.39 is 11.9 Å². The van der Waals surface area contributed by atoms with Gasteiger partial charge in [0.05, 0.1) is 6.04 Å². The van der Waals surface area contributed by atoms with E-state index in [1.807, 2.05) is 6.07 Å². The predicted molar refractivity (Wildman–Crippen MR) is 89.8 cm³/mol. The van der Waals surface area contributed by atoms with Crippen molar-refractivity contribution in [3.05, 3.63) is 41.5 Å². The molecule has 3 rings (SSSR count). The van der Waals surface area contributed by atoms with E-state index in [1.165, 1.54) is 0 Å². The molecule has 0 aliphatic carbocycles. The normalized spacial score (nSPS) is 18.0. The van der Waals surface area contributed by atoms with Crippen LogP contribution in [0.25, 0.3) is 0 Å². The van der Waals surface area contributed by atoms with Crippen molar-refractivity contribution >= 4 is 11.9 Å². The number of amides is 1. The lowest BCUT2D eigenvalue weighted by molar-refractivity contribution is -0.141. The summed E-state index contributed by atoms with van der Waals surface area (Å²) in [6.45, 7) is 0.562. The fourth-order valence-corrected chi connectivity index (χ4v) is 3.34. The zero-order chi connectivity index (χ0) is 18.9. The zero-order valence-corrected chi connectivity index (χ0v) is 14.5. The Bertz CT molecular complexity index is 802. The molecule has 0 spiro atoms. The van der Waals surface area contributed by atoms with Crippen LogP contribution >= 0.6 is 0 Å². The van der Waals surface area contributed by atoms with E-state index in [2.05, 4.69) is 15.3 Å². The summed E-state index contributed by atoms with van der Waals surface area (Å²) in [4.78, 5) is 21.5. The summed E-state index contributed by atoms with van der Waals surface area (Å²) in [7, 11) is 3.33. The second-order valence-corrected chi connectivity index (χ2v) is 6.23. The van der Waals surface area contributed by atoms with Crippen molar-refractivity contribution in [3.8, 4) is 0 Å². The van der Waals surface area contributed by atoms with E-state index in [0.29, 0.717) is 12.2 Å². The van der Waals surface area contributed by atoms with Gasteiger partial charge in [0.25, 0.3) is 5.91 Å². The number of piperidine rings is 1. The molecule has 1 saturated heterocycles. The van der Waals surface area contributed by atoms with Gasteiger partial charge in [-0.05, 0) is 37.5 Å². The van der Waals surface area contributed by atoms with Crippen LogP contribution in [0.4, 0.5) is 19.1 Å². The van der Waals surface area contributed by atoms with Gasteiger partial charge in [-0.25, -0.2) is 9.97 Å². The molecular weight excluding hydrogens is 347 g/mol. The van der Waals surface area contributed by atoms with Crippen molar-refractivity contribution in [2.24, 2.45) is 7.05 Å². The van der Waals surface area contributed by atoms with Crippen molar-refractivity contribution < 1.29 is 18.0 Å². The highest BCUT2D eigenvalue weighted by molar-refractivity contribution is 5.92. The molecule has 140 valence electrons. The fraction of sp³-hybridized carbons (Fsp3) is 0.471. The van der Waals surface area contributed by atoms with Gasteiger partial charge < -0.3 is 14.8 Å². The number of alkyl halides is 3. The third-order valence-electron chi connectivity index (χ3n) is 4.65. The molecule has 1 atom stereocenters. The van der Waals surface area contributed by atoms with Crippen LogP contribution in [0.15, 0.2) is 24.4 Å². The Kier molecular flexibility index (Phi) is 4.88. The Morgan fingerprint density at radius 2 is 2.04 bits per heavy atom. The fourth-order valence-electron chi connectivity index (χ4n) is 3.34. The molecule has 2 aromatic heterocycles. The van der Waals surface area contributed by atoms with Crippen molar-refractivity contribution in [2.45, 2.75) is 31.5 Å². The molecule has 0 radical (unpaired) electrons. The third-order valence-corrected chi connectivity index (χ3v) is 4.65. The van der Waals surface area contributed by atoms with Gasteiger partial charge >= 0.3 is 6.18 Å². The van der Waals surface area contributed by atoms with Gasteiger partial charge in [-0.3, -0.25) is 4.79 Å². The lowest BCUT2D eigenvalue weighted by atomic mass is 9.99. The number of nitrogens with one attached hydrogen (secondary N) is 1. The highest BCUT2D eigenvalue weighted by Crippen LogP contribution is 2.35. The first-order chi connectivity index (χ1) is 12.3. The lowest BCUT2D eigenvalue weighted by Crippen LogP contribution is -2.36. The van der Waals surface area contributed by atoms with Gasteiger partial charge in [-0.2, -0.15) is 13.2 Å². The largest absolute Gasteiger partial charge is 0.433 e. The number of rotatable bonds is 3. The van der Waals surface area contributed by atoms with Gasteiger partial charge in [-0.15, -0.1) is 0 Å². The van der Waals surface area contributed by atoms with Gasteiger partial charge in [-0.1, -0.05) is 0 Å². The Hall–Kier alpha value is -2.58. The summed E-state index contributed by atoms with van der Waals surface area (Å²) >= 11 is 0. The highest BCUT2D eigenvalue weighted by Gasteiger charge is 2.35. The number of carbonyl (C=O) groups is 1. The van der Waals surface area contributed by atoms with E-state index in [0.717, 1.165) is 37.2 Å². The van der Waals surface area contributed by atoms with Gasteiger partial charge in [0, 0.05) is 32.5 Å². The van der Waals surface area contributed by atoms with E-state index in [-0.39, 0.29) is 17.9 Å². The molecule has 3 heterocycles. The average Bonchev–Trinajstić information content (AvgIpc) is 3.02. The maximum atomic E-state index is 13.0. The molecule has 1 amide bonds. The average molecular weight is 367 g/mol. The minimum Gasteiger partial charge on any atom is -0.354 e. The summed E-state index contributed by atoms with van der Waals surface area (Å²) in [5, 5.41) is 2.58. The highest BCUT2D eigenvalue weighted by atomic mass is 19.4. The number of anilines is 1. The molecular formula is C17H20F3N5O. The Balaban J connectivity index is 1.97. The van der Waals surface area contributed by atoms with Crippen LogP contribution in [0.1, 0.15) is 47.2 Å². The molecule has 1 aliphatic heterocycles. The van der Waals surface area contributed by atoms with Gasteiger partial charge in [0.15, 0.2) is 0 Å². The van der Waals surface area contributed by atoms with Crippen LogP contribution in [0.3, 0.4) is 0 Å². The minimum absolute atomic E-state index is 0.0622. The molecule has 1 fully saturated rings. The quantitative estimate of drug-likeness (QED) is 0.906. The van der Waals surface area contributed by atoms with Crippen LogP contribution in [-0.2, 0) is 13.2 Å². The number of nitrogens with zero attached hydrogens (tertiary/aromatic N) is 4. The van der Waals surface area contributed by atoms with E-state index in [1.54, 1.807) is 29.6 Å². The SMILES string of the molecule is CNC(=O)c1ccc([C@H]2CCCCN2c2nccc(C(F)(F)F)n2)n1C. The minimum atomic E-state index is -4.51. The molecule has 0 aromatic carbocycles. The van der Waals surface area contributed by atoms with E-state index in [9.17, 15) is 18.0 Å². The second-order valence-electron chi connectivity index (χ2n) is 6.23. The number of aromatic nitrogens is 3. The van der Waals surface area contributed by atoms with Crippen LogP contribution in [-0.4, -0.2) is 34.0 Å². The molecule has 9 heteroatoms. The van der Waals surface area contributed by atoms with E-state index >= 15 is 0 Å². The Morgan fingerprint density at radius 1 is 1.27 bits per heavy atom. The van der Waals surface area contributed by atoms with E-state index in [4.69, 9.17) is 0 Å². The van der Waals surface area contributed by atoms with Gasteiger partial charge in [0.1, 0.15) is 11.4 Å². The monoisotopic (exact) mass is 367 g/mol. The van der Waals surface area contributed by atoms with Crippen LogP contribution in [0.2, 0.25) is 0 Å². The van der Waals surface area contributed by atoms with Crippen molar-refractivity contribution in [3.63, 3.8) is 0 Å². The maximum Gasteiger partial charge on any atom is 0.433 e. The first-order valence-corrected chi connectivity index (χ1v) is 8.37. The van der Waals surface area contributed by atoms with Gasteiger partial charge in [0.2, 0.25) is 5.95 Å². The molecule has 26 heavy (non-hydrogen) atoms. The third kappa shape index (κ3) is 3.38. The Labute approximate surface area is 149 Å². The topological polar surface area (TPSA) is 63.1 Å². The predicted octanol–water partition coefficient (Wildman–Crippen LogP) is 2.93.